The predicted octanol–water partition coefficient (Wildman–Crippen LogP) is 3.64. The molecule has 24 heavy (non-hydrogen) atoms. The van der Waals surface area contributed by atoms with Crippen molar-refractivity contribution in [2.75, 3.05) is 5.32 Å². The van der Waals surface area contributed by atoms with E-state index in [1.54, 1.807) is 12.1 Å². The zero-order valence-electron chi connectivity index (χ0n) is 13.5. The van der Waals surface area contributed by atoms with Gasteiger partial charge in [-0.05, 0) is 37.1 Å². The number of amides is 1. The van der Waals surface area contributed by atoms with Crippen LogP contribution in [0.1, 0.15) is 18.7 Å². The molecule has 0 saturated heterocycles. The number of thiazole rings is 1. The van der Waals surface area contributed by atoms with E-state index in [0.29, 0.717) is 10.8 Å². The summed E-state index contributed by atoms with van der Waals surface area (Å²) in [5.74, 6) is -0.183. The molecule has 0 bridgehead atoms. The Morgan fingerprint density at radius 2 is 1.92 bits per heavy atom. The number of anilines is 1. The zero-order chi connectivity index (χ0) is 17.9. The number of halogens is 2. The molecule has 0 aliphatic carbocycles. The fourth-order valence-electron chi connectivity index (χ4n) is 2.00. The second-order valence-corrected chi connectivity index (χ2v) is 6.79. The highest BCUT2D eigenvalue weighted by atomic mass is 32.1. The number of nitrogens with two attached hydrogens (primary N) is 1. The lowest BCUT2D eigenvalue weighted by Gasteiger charge is -2.13. The Morgan fingerprint density at radius 1 is 1.29 bits per heavy atom. The number of nitrogens with one attached hydrogen (secondary N) is 1. The van der Waals surface area contributed by atoms with E-state index in [0.717, 1.165) is 10.4 Å². The Hall–Kier alpha value is -2.06. The lowest BCUT2D eigenvalue weighted by atomic mass is 10.1. The van der Waals surface area contributed by atoms with Crippen LogP contribution in [0.25, 0.3) is 11.3 Å². The summed E-state index contributed by atoms with van der Waals surface area (Å²) in [6.07, 6.45) is 0. The lowest BCUT2D eigenvalue weighted by Crippen LogP contribution is -2.39. The van der Waals surface area contributed by atoms with E-state index in [2.05, 4.69) is 15.0 Å². The average Bonchev–Trinajstić information content (AvgIpc) is 2.87. The number of hydrogen-bond acceptors (Lipinski definition) is 5. The van der Waals surface area contributed by atoms with Crippen LogP contribution < -0.4 is 15.8 Å². The van der Waals surface area contributed by atoms with E-state index in [1.807, 2.05) is 20.8 Å². The zero-order valence-corrected chi connectivity index (χ0v) is 14.4. The van der Waals surface area contributed by atoms with Crippen molar-refractivity contribution in [3.63, 3.8) is 0 Å². The van der Waals surface area contributed by atoms with Gasteiger partial charge in [-0.1, -0.05) is 13.8 Å². The third-order valence-electron chi connectivity index (χ3n) is 3.40. The molecule has 130 valence electrons. The summed E-state index contributed by atoms with van der Waals surface area (Å²) < 4.78 is 28.7. The SMILES string of the molecule is Cc1sc(NC(=O)C(N)C(C)C)nc1-c1ccc(OC(F)F)cc1. The molecule has 0 aliphatic heterocycles. The highest BCUT2D eigenvalue weighted by Crippen LogP contribution is 2.31. The molecule has 0 aliphatic rings. The first-order valence-corrected chi connectivity index (χ1v) is 8.18. The normalized spacial score (nSPS) is 12.5. The van der Waals surface area contributed by atoms with Gasteiger partial charge in [0.05, 0.1) is 11.7 Å². The second kappa shape index (κ2) is 7.67. The molecule has 0 fully saturated rings. The van der Waals surface area contributed by atoms with Crippen molar-refractivity contribution in [3.05, 3.63) is 29.1 Å². The number of aryl methyl sites for hydroxylation is 1. The van der Waals surface area contributed by atoms with Crippen LogP contribution in [0, 0.1) is 12.8 Å². The fraction of sp³-hybridized carbons (Fsp3) is 0.375. The molecular weight excluding hydrogens is 336 g/mol. The van der Waals surface area contributed by atoms with Crippen molar-refractivity contribution in [2.45, 2.75) is 33.4 Å². The maximum absolute atomic E-state index is 12.2. The van der Waals surface area contributed by atoms with Gasteiger partial charge in [-0.2, -0.15) is 8.78 Å². The van der Waals surface area contributed by atoms with Gasteiger partial charge in [-0.3, -0.25) is 4.79 Å². The Kier molecular flexibility index (Phi) is 5.84. The number of carbonyl (C=O) groups excluding carboxylic acids is 1. The van der Waals surface area contributed by atoms with Gasteiger partial charge in [0.15, 0.2) is 5.13 Å². The number of aromatic nitrogens is 1. The number of rotatable bonds is 6. The highest BCUT2D eigenvalue weighted by Gasteiger charge is 2.19. The van der Waals surface area contributed by atoms with E-state index in [4.69, 9.17) is 5.73 Å². The van der Waals surface area contributed by atoms with Crippen LogP contribution in [0.3, 0.4) is 0 Å². The predicted molar refractivity (Wildman–Crippen MR) is 90.4 cm³/mol. The number of alkyl halides is 2. The molecule has 1 unspecified atom stereocenters. The van der Waals surface area contributed by atoms with Crippen LogP contribution in [-0.2, 0) is 4.79 Å². The molecule has 1 atom stereocenters. The molecule has 2 rings (SSSR count). The largest absolute Gasteiger partial charge is 0.435 e. The van der Waals surface area contributed by atoms with Gasteiger partial charge in [0.2, 0.25) is 5.91 Å². The van der Waals surface area contributed by atoms with Crippen LogP contribution in [-0.4, -0.2) is 23.5 Å². The lowest BCUT2D eigenvalue weighted by molar-refractivity contribution is -0.118. The Bertz CT molecular complexity index is 702. The third kappa shape index (κ3) is 4.48. The van der Waals surface area contributed by atoms with Crippen molar-refractivity contribution in [1.82, 2.24) is 4.98 Å². The molecule has 8 heteroatoms. The Balaban J connectivity index is 2.15. The average molecular weight is 355 g/mol. The van der Waals surface area contributed by atoms with Gasteiger partial charge >= 0.3 is 6.61 Å². The summed E-state index contributed by atoms with van der Waals surface area (Å²) >= 11 is 1.33. The Morgan fingerprint density at radius 3 is 2.46 bits per heavy atom. The summed E-state index contributed by atoms with van der Waals surface area (Å²) in [4.78, 5) is 17.3. The van der Waals surface area contributed by atoms with Crippen LogP contribution in [0.15, 0.2) is 24.3 Å². The van der Waals surface area contributed by atoms with Crippen LogP contribution in [0.5, 0.6) is 5.75 Å². The minimum absolute atomic E-state index is 0.0212. The molecule has 0 radical (unpaired) electrons. The van der Waals surface area contributed by atoms with E-state index in [-0.39, 0.29) is 17.6 Å². The second-order valence-electron chi connectivity index (χ2n) is 5.59. The first-order valence-electron chi connectivity index (χ1n) is 7.37. The van der Waals surface area contributed by atoms with Crippen molar-refractivity contribution in [2.24, 2.45) is 11.7 Å². The first-order chi connectivity index (χ1) is 11.3. The van der Waals surface area contributed by atoms with Gasteiger partial charge in [0, 0.05) is 10.4 Å². The van der Waals surface area contributed by atoms with Crippen LogP contribution >= 0.6 is 11.3 Å². The van der Waals surface area contributed by atoms with E-state index >= 15 is 0 Å². The van der Waals surface area contributed by atoms with E-state index in [1.165, 1.54) is 23.5 Å². The topological polar surface area (TPSA) is 77.2 Å². The number of nitrogens with zero attached hydrogens (tertiary/aromatic N) is 1. The summed E-state index contributed by atoms with van der Waals surface area (Å²) in [6.45, 7) is 2.75. The molecule has 0 saturated carbocycles. The maximum atomic E-state index is 12.2. The molecule has 3 N–H and O–H groups in total. The maximum Gasteiger partial charge on any atom is 0.387 e. The monoisotopic (exact) mass is 355 g/mol. The third-order valence-corrected chi connectivity index (χ3v) is 4.29. The smallest absolute Gasteiger partial charge is 0.387 e. The molecule has 2 aromatic rings. The summed E-state index contributed by atoms with van der Waals surface area (Å²) in [6, 6.07) is 5.58. The van der Waals surface area contributed by atoms with Crippen LogP contribution in [0.4, 0.5) is 13.9 Å². The standard InChI is InChI=1S/C16H19F2N3O2S/c1-8(2)12(19)14(22)21-16-20-13(9(3)24-16)10-4-6-11(7-5-10)23-15(17)18/h4-8,12,15H,19H2,1-3H3,(H,20,21,22). The molecule has 1 amide bonds. The minimum atomic E-state index is -2.86. The molecule has 1 aromatic heterocycles. The molecule has 1 aromatic carbocycles. The van der Waals surface area contributed by atoms with Gasteiger partial charge in [0.1, 0.15) is 5.75 Å². The van der Waals surface area contributed by atoms with Gasteiger partial charge in [-0.25, -0.2) is 4.98 Å². The van der Waals surface area contributed by atoms with Crippen molar-refractivity contribution < 1.29 is 18.3 Å². The number of ether oxygens (including phenoxy) is 1. The molecule has 1 heterocycles. The number of carbonyl (C=O) groups is 1. The molecular formula is C16H19F2N3O2S. The quantitative estimate of drug-likeness (QED) is 0.829. The number of hydrogen-bond donors (Lipinski definition) is 2. The molecule has 0 spiro atoms. The van der Waals surface area contributed by atoms with Crippen LogP contribution in [0.2, 0.25) is 0 Å². The summed E-state index contributed by atoms with van der Waals surface area (Å²) in [5, 5.41) is 3.17. The Labute approximate surface area is 142 Å². The fourth-order valence-corrected chi connectivity index (χ4v) is 2.84. The summed E-state index contributed by atoms with van der Waals surface area (Å²) in [5.41, 5.74) is 7.24. The molecule has 5 nitrogen and oxygen atoms in total. The van der Waals surface area contributed by atoms with E-state index in [9.17, 15) is 13.6 Å². The van der Waals surface area contributed by atoms with Crippen molar-refractivity contribution in [3.8, 4) is 17.0 Å². The highest BCUT2D eigenvalue weighted by molar-refractivity contribution is 7.16. The van der Waals surface area contributed by atoms with Crippen molar-refractivity contribution in [1.29, 1.82) is 0 Å². The van der Waals surface area contributed by atoms with Crippen molar-refractivity contribution >= 4 is 22.4 Å². The van der Waals surface area contributed by atoms with Gasteiger partial charge in [-0.15, -0.1) is 11.3 Å². The number of benzene rings is 1. The first kappa shape index (κ1) is 18.3. The van der Waals surface area contributed by atoms with Gasteiger partial charge in [0.25, 0.3) is 0 Å². The van der Waals surface area contributed by atoms with Gasteiger partial charge < -0.3 is 15.8 Å². The summed E-state index contributed by atoms with van der Waals surface area (Å²) in [7, 11) is 0. The van der Waals surface area contributed by atoms with E-state index < -0.39 is 12.7 Å². The minimum Gasteiger partial charge on any atom is -0.435 e.